The molecule has 0 bridgehead atoms. The monoisotopic (exact) mass is 546 g/mol. The molecule has 13 heteroatoms. The van der Waals surface area contributed by atoms with Gasteiger partial charge in [-0.3, -0.25) is 14.3 Å². The van der Waals surface area contributed by atoms with Gasteiger partial charge in [0.1, 0.15) is 11.5 Å². The fraction of sp³-hybridized carbons (Fsp3) is 0.346. The van der Waals surface area contributed by atoms with Crippen molar-refractivity contribution < 1.29 is 9.59 Å². The molecule has 1 fully saturated rings. The molecule has 5 heterocycles. The van der Waals surface area contributed by atoms with Gasteiger partial charge in [-0.1, -0.05) is 0 Å². The Hall–Kier alpha value is -4.39. The number of carbonyl (C=O) groups is 2. The molecule has 202 valence electrons. The zero-order valence-corrected chi connectivity index (χ0v) is 23.3. The zero-order chi connectivity index (χ0) is 27.7. The summed E-state index contributed by atoms with van der Waals surface area (Å²) in [4.78, 5) is 48.5. The first-order chi connectivity index (χ1) is 18.7. The number of piperazine rings is 1. The molecule has 0 unspecified atom stereocenters. The van der Waals surface area contributed by atoms with E-state index in [4.69, 9.17) is 0 Å². The van der Waals surface area contributed by atoms with E-state index in [-0.39, 0.29) is 17.9 Å². The third-order valence-corrected chi connectivity index (χ3v) is 7.23. The maximum Gasteiger partial charge on any atom is 0.256 e. The standard InChI is InChI=1S/C26H30N10O2S/c1-16-10-21(34(5)32-16)20-15-39-26(30-20)31-22-7-6-18(11-27-22)24(38)36-9-8-35(14-17(36)2)25-28-12-19(13-29-25)23(37)33(3)4/h6-7,10-13,15,17H,8-9,14H2,1-5H3,(H,27,30,31)/t17-/m1/s1. The number of aromatic nitrogens is 6. The van der Waals surface area contributed by atoms with Crippen LogP contribution in [0.4, 0.5) is 16.9 Å². The number of carbonyl (C=O) groups excluding carboxylic acids is 2. The molecule has 0 spiro atoms. The molecule has 12 nitrogen and oxygen atoms in total. The van der Waals surface area contributed by atoms with Crippen molar-refractivity contribution in [1.82, 2.24) is 39.5 Å². The molecule has 0 saturated carbocycles. The second-order valence-electron chi connectivity index (χ2n) is 9.65. The van der Waals surface area contributed by atoms with Gasteiger partial charge in [-0.25, -0.2) is 19.9 Å². The topological polar surface area (TPSA) is 125 Å². The van der Waals surface area contributed by atoms with E-state index in [1.165, 1.54) is 16.2 Å². The van der Waals surface area contributed by atoms with Crippen molar-refractivity contribution in [2.75, 3.05) is 43.9 Å². The number of aryl methyl sites for hydroxylation is 2. The van der Waals surface area contributed by atoms with Crippen molar-refractivity contribution in [3.05, 3.63) is 59.0 Å². The Morgan fingerprint density at radius 2 is 1.82 bits per heavy atom. The van der Waals surface area contributed by atoms with Crippen molar-refractivity contribution in [3.8, 4) is 11.4 Å². The quantitative estimate of drug-likeness (QED) is 0.389. The van der Waals surface area contributed by atoms with Gasteiger partial charge in [0.15, 0.2) is 5.13 Å². The van der Waals surface area contributed by atoms with Crippen LogP contribution in [0.3, 0.4) is 0 Å². The van der Waals surface area contributed by atoms with Gasteiger partial charge in [-0.15, -0.1) is 11.3 Å². The van der Waals surface area contributed by atoms with Crippen LogP contribution in [-0.2, 0) is 7.05 Å². The molecule has 1 N–H and O–H groups in total. The Morgan fingerprint density at radius 1 is 1.08 bits per heavy atom. The maximum atomic E-state index is 13.3. The minimum Gasteiger partial charge on any atom is -0.345 e. The minimum absolute atomic E-state index is 0.0554. The first kappa shape index (κ1) is 26.2. The van der Waals surface area contributed by atoms with E-state index < -0.39 is 0 Å². The van der Waals surface area contributed by atoms with Crippen LogP contribution in [0.25, 0.3) is 11.4 Å². The predicted octanol–water partition coefficient (Wildman–Crippen LogP) is 2.83. The lowest BCUT2D eigenvalue weighted by Crippen LogP contribution is -2.54. The van der Waals surface area contributed by atoms with E-state index in [2.05, 4.69) is 30.4 Å². The molecular formula is C26H30N10O2S. The van der Waals surface area contributed by atoms with Gasteiger partial charge in [0, 0.05) is 70.8 Å². The highest BCUT2D eigenvalue weighted by atomic mass is 32.1. The summed E-state index contributed by atoms with van der Waals surface area (Å²) in [5.74, 6) is 0.943. The lowest BCUT2D eigenvalue weighted by Gasteiger charge is -2.39. The molecule has 1 aliphatic heterocycles. The zero-order valence-electron chi connectivity index (χ0n) is 22.5. The summed E-state index contributed by atoms with van der Waals surface area (Å²) in [6.45, 7) is 5.65. The molecule has 2 amide bonds. The average Bonchev–Trinajstić information content (AvgIpc) is 3.53. The van der Waals surface area contributed by atoms with Gasteiger partial charge in [0.05, 0.1) is 22.5 Å². The normalized spacial score (nSPS) is 15.4. The van der Waals surface area contributed by atoms with E-state index in [0.29, 0.717) is 47.7 Å². The fourth-order valence-corrected chi connectivity index (χ4v) is 5.17. The molecule has 39 heavy (non-hydrogen) atoms. The highest BCUT2D eigenvalue weighted by Crippen LogP contribution is 2.27. The molecule has 0 aromatic carbocycles. The van der Waals surface area contributed by atoms with E-state index in [1.807, 2.05) is 46.8 Å². The Bertz CT molecular complexity index is 1480. The second kappa shape index (κ2) is 10.8. The average molecular weight is 547 g/mol. The summed E-state index contributed by atoms with van der Waals surface area (Å²) < 4.78 is 1.81. The summed E-state index contributed by atoms with van der Waals surface area (Å²) in [5, 5.41) is 10.3. The maximum absolute atomic E-state index is 13.3. The smallest absolute Gasteiger partial charge is 0.256 e. The Kier molecular flexibility index (Phi) is 7.24. The summed E-state index contributed by atoms with van der Waals surface area (Å²) >= 11 is 1.48. The highest BCUT2D eigenvalue weighted by Gasteiger charge is 2.29. The van der Waals surface area contributed by atoms with E-state index in [1.54, 1.807) is 44.8 Å². The van der Waals surface area contributed by atoms with Crippen molar-refractivity contribution in [2.45, 2.75) is 19.9 Å². The highest BCUT2D eigenvalue weighted by molar-refractivity contribution is 7.14. The Labute approximate surface area is 230 Å². The second-order valence-corrected chi connectivity index (χ2v) is 10.5. The number of anilines is 3. The molecule has 4 aromatic heterocycles. The third kappa shape index (κ3) is 5.58. The van der Waals surface area contributed by atoms with Crippen LogP contribution < -0.4 is 10.2 Å². The van der Waals surface area contributed by atoms with Crippen LogP contribution in [0.15, 0.2) is 42.2 Å². The number of nitrogens with zero attached hydrogens (tertiary/aromatic N) is 9. The van der Waals surface area contributed by atoms with Crippen molar-refractivity contribution in [1.29, 1.82) is 0 Å². The van der Waals surface area contributed by atoms with Crippen LogP contribution >= 0.6 is 11.3 Å². The number of rotatable bonds is 6. The van der Waals surface area contributed by atoms with Gasteiger partial charge in [0.25, 0.3) is 11.8 Å². The van der Waals surface area contributed by atoms with Crippen LogP contribution in [-0.4, -0.2) is 91.1 Å². The predicted molar refractivity (Wildman–Crippen MR) is 149 cm³/mol. The van der Waals surface area contributed by atoms with Gasteiger partial charge < -0.3 is 20.0 Å². The van der Waals surface area contributed by atoms with Gasteiger partial charge in [0.2, 0.25) is 5.95 Å². The molecule has 1 saturated heterocycles. The molecule has 1 atom stereocenters. The summed E-state index contributed by atoms with van der Waals surface area (Å²) in [6.07, 6.45) is 4.67. The van der Waals surface area contributed by atoms with Gasteiger partial charge in [-0.05, 0) is 32.0 Å². The minimum atomic E-state index is -0.142. The summed E-state index contributed by atoms with van der Waals surface area (Å²) in [5.41, 5.74) is 3.69. The van der Waals surface area contributed by atoms with Crippen LogP contribution in [0.2, 0.25) is 0 Å². The lowest BCUT2D eigenvalue weighted by molar-refractivity contribution is 0.0672. The molecule has 1 aliphatic rings. The largest absolute Gasteiger partial charge is 0.345 e. The molecule has 5 rings (SSSR count). The van der Waals surface area contributed by atoms with Gasteiger partial charge in [-0.2, -0.15) is 5.10 Å². The number of amides is 2. The number of thiazole rings is 1. The fourth-order valence-electron chi connectivity index (χ4n) is 4.46. The first-order valence-corrected chi connectivity index (χ1v) is 13.4. The van der Waals surface area contributed by atoms with Gasteiger partial charge >= 0.3 is 0 Å². The van der Waals surface area contributed by atoms with Crippen molar-refractivity contribution >= 4 is 40.0 Å². The summed E-state index contributed by atoms with van der Waals surface area (Å²) in [7, 11) is 5.28. The van der Waals surface area contributed by atoms with E-state index in [9.17, 15) is 9.59 Å². The van der Waals surface area contributed by atoms with E-state index in [0.717, 1.165) is 17.1 Å². The number of hydrogen-bond donors (Lipinski definition) is 1. The number of hydrogen-bond acceptors (Lipinski definition) is 10. The molecule has 0 radical (unpaired) electrons. The molecular weight excluding hydrogens is 516 g/mol. The van der Waals surface area contributed by atoms with E-state index >= 15 is 0 Å². The lowest BCUT2D eigenvalue weighted by atomic mass is 10.1. The van der Waals surface area contributed by atoms with Crippen LogP contribution in [0.1, 0.15) is 33.3 Å². The third-order valence-electron chi connectivity index (χ3n) is 6.48. The summed E-state index contributed by atoms with van der Waals surface area (Å²) in [6, 6.07) is 5.50. The van der Waals surface area contributed by atoms with Crippen LogP contribution in [0.5, 0.6) is 0 Å². The van der Waals surface area contributed by atoms with Crippen molar-refractivity contribution in [3.63, 3.8) is 0 Å². The number of nitrogens with one attached hydrogen (secondary N) is 1. The molecule has 4 aromatic rings. The Morgan fingerprint density at radius 3 is 2.44 bits per heavy atom. The van der Waals surface area contributed by atoms with Crippen LogP contribution in [0, 0.1) is 6.92 Å². The van der Waals surface area contributed by atoms with Crippen molar-refractivity contribution in [2.24, 2.45) is 7.05 Å². The molecule has 0 aliphatic carbocycles. The number of pyridine rings is 1. The first-order valence-electron chi connectivity index (χ1n) is 12.5. The Balaban J connectivity index is 1.19. The SMILES string of the molecule is Cc1cc(-c2csc(Nc3ccc(C(=O)N4CCN(c5ncc(C(=O)N(C)C)cn5)C[C@H]4C)cn3)n2)n(C)n1.